The van der Waals surface area contributed by atoms with Crippen LogP contribution in [0.1, 0.15) is 15.2 Å². The highest BCUT2D eigenvalue weighted by atomic mass is 32.2. The lowest BCUT2D eigenvalue weighted by Crippen LogP contribution is -1.89. The van der Waals surface area contributed by atoms with Gasteiger partial charge >= 0.3 is 5.97 Å². The number of thioether (sulfide) groups is 1. The lowest BCUT2D eigenvalue weighted by atomic mass is 10.2. The maximum atomic E-state index is 12.7. The predicted molar refractivity (Wildman–Crippen MR) is 67.2 cm³/mol. The van der Waals surface area contributed by atoms with E-state index in [-0.39, 0.29) is 5.82 Å². The average Bonchev–Trinajstić information content (AvgIpc) is 2.77. The minimum atomic E-state index is -0.899. The van der Waals surface area contributed by atoms with Gasteiger partial charge in [-0.3, -0.25) is 0 Å². The van der Waals surface area contributed by atoms with Gasteiger partial charge in [0.25, 0.3) is 0 Å². The van der Waals surface area contributed by atoms with Crippen molar-refractivity contribution in [2.45, 2.75) is 10.6 Å². The van der Waals surface area contributed by atoms with Crippen LogP contribution in [-0.4, -0.2) is 11.1 Å². The molecule has 0 atom stereocenters. The van der Waals surface area contributed by atoms with Gasteiger partial charge in [-0.1, -0.05) is 12.1 Å². The van der Waals surface area contributed by atoms with Crippen LogP contribution in [0.5, 0.6) is 0 Å². The van der Waals surface area contributed by atoms with E-state index >= 15 is 0 Å². The summed E-state index contributed by atoms with van der Waals surface area (Å²) >= 11 is 2.76. The van der Waals surface area contributed by atoms with Crippen molar-refractivity contribution in [3.63, 3.8) is 0 Å². The van der Waals surface area contributed by atoms with E-state index in [0.29, 0.717) is 10.6 Å². The summed E-state index contributed by atoms with van der Waals surface area (Å²) in [7, 11) is 0. The Labute approximate surface area is 106 Å². The fourth-order valence-electron chi connectivity index (χ4n) is 1.25. The normalized spacial score (nSPS) is 10.4. The summed E-state index contributed by atoms with van der Waals surface area (Å²) < 4.78 is 12.7. The Morgan fingerprint density at radius 2 is 2.06 bits per heavy atom. The lowest BCUT2D eigenvalue weighted by molar-refractivity contribution is 0.0702. The molecule has 5 heteroatoms. The first-order valence-electron chi connectivity index (χ1n) is 4.84. The van der Waals surface area contributed by atoms with E-state index in [4.69, 9.17) is 5.11 Å². The van der Waals surface area contributed by atoms with Gasteiger partial charge < -0.3 is 5.11 Å². The third kappa shape index (κ3) is 3.31. The summed E-state index contributed by atoms with van der Waals surface area (Å²) in [4.78, 5) is 12.0. The van der Waals surface area contributed by atoms with Crippen LogP contribution in [0.4, 0.5) is 4.39 Å². The van der Waals surface area contributed by atoms with E-state index in [9.17, 15) is 9.18 Å². The molecule has 1 heterocycles. The molecule has 0 spiro atoms. The molecule has 0 aliphatic rings. The van der Waals surface area contributed by atoms with Crippen molar-refractivity contribution in [2.75, 3.05) is 0 Å². The summed E-state index contributed by atoms with van der Waals surface area (Å²) in [6.45, 7) is 0. The zero-order valence-corrected chi connectivity index (χ0v) is 10.4. The Balaban J connectivity index is 1.97. The van der Waals surface area contributed by atoms with Crippen molar-refractivity contribution in [3.05, 3.63) is 52.0 Å². The fourth-order valence-corrected chi connectivity index (χ4v) is 3.08. The van der Waals surface area contributed by atoms with E-state index < -0.39 is 5.97 Å². The van der Waals surface area contributed by atoms with Crippen molar-refractivity contribution in [2.24, 2.45) is 0 Å². The molecule has 1 N–H and O–H groups in total. The third-order valence-corrected chi connectivity index (χ3v) is 4.22. The highest BCUT2D eigenvalue weighted by Gasteiger charge is 2.07. The molecule has 2 aromatic rings. The SMILES string of the molecule is O=C(O)c1cc(SCc2ccc(F)cc2)cs1. The van der Waals surface area contributed by atoms with E-state index in [1.165, 1.54) is 23.5 Å². The maximum absolute atomic E-state index is 12.7. The van der Waals surface area contributed by atoms with Crippen LogP contribution in [0.15, 0.2) is 40.6 Å². The van der Waals surface area contributed by atoms with Gasteiger partial charge in [0.1, 0.15) is 10.7 Å². The van der Waals surface area contributed by atoms with Crippen molar-refractivity contribution in [3.8, 4) is 0 Å². The molecule has 17 heavy (non-hydrogen) atoms. The van der Waals surface area contributed by atoms with Crippen molar-refractivity contribution in [1.82, 2.24) is 0 Å². The smallest absolute Gasteiger partial charge is 0.345 e. The molecule has 88 valence electrons. The molecule has 0 bridgehead atoms. The van der Waals surface area contributed by atoms with Crippen LogP contribution in [0.3, 0.4) is 0 Å². The largest absolute Gasteiger partial charge is 0.477 e. The van der Waals surface area contributed by atoms with Crippen LogP contribution in [0, 0.1) is 5.82 Å². The number of benzene rings is 1. The second-order valence-electron chi connectivity index (χ2n) is 3.37. The van der Waals surface area contributed by atoms with Gasteiger partial charge in [0.05, 0.1) is 0 Å². The molecule has 0 aliphatic carbocycles. The van der Waals surface area contributed by atoms with Crippen molar-refractivity contribution < 1.29 is 14.3 Å². The molecule has 2 rings (SSSR count). The number of rotatable bonds is 4. The van der Waals surface area contributed by atoms with Crippen LogP contribution >= 0.6 is 23.1 Å². The second-order valence-corrected chi connectivity index (χ2v) is 5.33. The van der Waals surface area contributed by atoms with Gasteiger partial charge in [0.2, 0.25) is 0 Å². The zero-order valence-electron chi connectivity index (χ0n) is 8.72. The molecule has 0 aliphatic heterocycles. The monoisotopic (exact) mass is 268 g/mol. The fraction of sp³-hybridized carbons (Fsp3) is 0.0833. The summed E-state index contributed by atoms with van der Waals surface area (Å²) in [5, 5.41) is 10.6. The Kier molecular flexibility index (Phi) is 3.81. The predicted octanol–water partition coefficient (Wildman–Crippen LogP) is 3.88. The topological polar surface area (TPSA) is 37.3 Å². The number of carboxylic acid groups (broad SMARTS) is 1. The Morgan fingerprint density at radius 3 is 2.65 bits per heavy atom. The average molecular weight is 268 g/mol. The quantitative estimate of drug-likeness (QED) is 0.855. The highest BCUT2D eigenvalue weighted by molar-refractivity contribution is 7.98. The maximum Gasteiger partial charge on any atom is 0.345 e. The molecule has 2 nitrogen and oxygen atoms in total. The number of hydrogen-bond donors (Lipinski definition) is 1. The molecule has 0 amide bonds. The molecule has 0 saturated heterocycles. The Bertz CT molecular complexity index is 520. The Hall–Kier alpha value is -1.33. The Morgan fingerprint density at radius 1 is 1.35 bits per heavy atom. The van der Waals surface area contributed by atoms with E-state index in [1.54, 1.807) is 30.0 Å². The van der Waals surface area contributed by atoms with Gasteiger partial charge in [0, 0.05) is 16.0 Å². The number of thiophene rings is 1. The molecule has 1 aromatic heterocycles. The standard InChI is InChI=1S/C12H9FO2S2/c13-9-3-1-8(2-4-9)6-16-10-5-11(12(14)15)17-7-10/h1-5,7H,6H2,(H,14,15). The first kappa shape index (κ1) is 12.1. The van der Waals surface area contributed by atoms with Crippen LogP contribution in [0.25, 0.3) is 0 Å². The van der Waals surface area contributed by atoms with Crippen LogP contribution < -0.4 is 0 Å². The van der Waals surface area contributed by atoms with E-state index in [2.05, 4.69) is 0 Å². The second kappa shape index (κ2) is 5.33. The number of aromatic carboxylic acids is 1. The minimum absolute atomic E-state index is 0.248. The third-order valence-electron chi connectivity index (χ3n) is 2.10. The molecule has 1 aromatic carbocycles. The summed E-state index contributed by atoms with van der Waals surface area (Å²) in [6, 6.07) is 7.96. The molecule has 0 unspecified atom stereocenters. The number of carbonyl (C=O) groups is 1. The zero-order chi connectivity index (χ0) is 12.3. The van der Waals surface area contributed by atoms with E-state index in [0.717, 1.165) is 10.5 Å². The van der Waals surface area contributed by atoms with Crippen molar-refractivity contribution in [1.29, 1.82) is 0 Å². The molecule has 0 saturated carbocycles. The van der Waals surface area contributed by atoms with Gasteiger partial charge in [-0.15, -0.1) is 23.1 Å². The lowest BCUT2D eigenvalue weighted by Gasteiger charge is -1.99. The first-order valence-corrected chi connectivity index (χ1v) is 6.71. The summed E-state index contributed by atoms with van der Waals surface area (Å²) in [6.07, 6.45) is 0. The number of hydrogen-bond acceptors (Lipinski definition) is 3. The molecular weight excluding hydrogens is 259 g/mol. The highest BCUT2D eigenvalue weighted by Crippen LogP contribution is 2.27. The van der Waals surface area contributed by atoms with Crippen LogP contribution in [0.2, 0.25) is 0 Å². The van der Waals surface area contributed by atoms with Crippen LogP contribution in [-0.2, 0) is 5.75 Å². The van der Waals surface area contributed by atoms with Gasteiger partial charge in [-0.05, 0) is 23.8 Å². The summed E-state index contributed by atoms with van der Waals surface area (Å²) in [5.41, 5.74) is 1.01. The van der Waals surface area contributed by atoms with Gasteiger partial charge in [-0.25, -0.2) is 9.18 Å². The van der Waals surface area contributed by atoms with E-state index in [1.807, 2.05) is 5.38 Å². The summed E-state index contributed by atoms with van der Waals surface area (Å²) in [5.74, 6) is -0.443. The first-order chi connectivity index (χ1) is 8.15. The van der Waals surface area contributed by atoms with Gasteiger partial charge in [0.15, 0.2) is 0 Å². The number of carboxylic acids is 1. The molecular formula is C12H9FO2S2. The van der Waals surface area contributed by atoms with Gasteiger partial charge in [-0.2, -0.15) is 0 Å². The molecule has 0 fully saturated rings. The van der Waals surface area contributed by atoms with Crippen molar-refractivity contribution >= 4 is 29.1 Å². The number of halogens is 1. The molecule has 0 radical (unpaired) electrons. The minimum Gasteiger partial charge on any atom is -0.477 e.